The summed E-state index contributed by atoms with van der Waals surface area (Å²) in [6.45, 7) is 1.66. The molecule has 3 aromatic rings. The number of rotatable bonds is 3. The van der Waals surface area contributed by atoms with Crippen LogP contribution in [-0.2, 0) is 12.8 Å². The first-order valence-corrected chi connectivity index (χ1v) is 7.47. The van der Waals surface area contributed by atoms with Crippen molar-refractivity contribution in [3.8, 4) is 5.75 Å². The summed E-state index contributed by atoms with van der Waals surface area (Å²) in [7, 11) is 0. The van der Waals surface area contributed by atoms with E-state index in [0.29, 0.717) is 22.5 Å². The number of hydrogen-bond acceptors (Lipinski definition) is 4. The van der Waals surface area contributed by atoms with Crippen molar-refractivity contribution >= 4 is 16.9 Å². The van der Waals surface area contributed by atoms with Crippen LogP contribution in [-0.4, -0.2) is 22.2 Å². The summed E-state index contributed by atoms with van der Waals surface area (Å²) in [4.78, 5) is 15.8. The number of ether oxygens (including phenoxy) is 1. The van der Waals surface area contributed by atoms with Gasteiger partial charge in [-0.25, -0.2) is 4.79 Å². The lowest BCUT2D eigenvalue weighted by Crippen LogP contribution is -2.16. The summed E-state index contributed by atoms with van der Waals surface area (Å²) in [6, 6.07) is 9.31. The molecule has 1 unspecified atom stereocenters. The number of benzene rings is 1. The average molecular weight is 309 g/mol. The first kappa shape index (κ1) is 13.8. The van der Waals surface area contributed by atoms with E-state index in [0.717, 1.165) is 18.5 Å². The number of fused-ring (bicyclic) bond motifs is 2. The number of carboxylic acid groups (broad SMARTS) is 1. The molecule has 2 aromatic heterocycles. The van der Waals surface area contributed by atoms with Crippen LogP contribution in [0.15, 0.2) is 40.9 Å². The Bertz CT molecular complexity index is 888. The Morgan fingerprint density at radius 1 is 1.35 bits per heavy atom. The molecule has 23 heavy (non-hydrogen) atoms. The Hall–Kier alpha value is -2.82. The van der Waals surface area contributed by atoms with E-state index in [9.17, 15) is 9.90 Å². The highest BCUT2D eigenvalue weighted by Gasteiger charge is 2.24. The highest BCUT2D eigenvalue weighted by Crippen LogP contribution is 2.31. The van der Waals surface area contributed by atoms with Gasteiger partial charge in [0.25, 0.3) is 0 Å². The van der Waals surface area contributed by atoms with E-state index in [-0.39, 0.29) is 11.7 Å². The Morgan fingerprint density at radius 3 is 3.00 bits per heavy atom. The van der Waals surface area contributed by atoms with E-state index in [2.05, 4.69) is 11.1 Å². The zero-order chi connectivity index (χ0) is 16.0. The number of carbonyl (C=O) groups is 1. The van der Waals surface area contributed by atoms with Crippen molar-refractivity contribution in [2.24, 2.45) is 0 Å². The predicted octanol–water partition coefficient (Wildman–Crippen LogP) is 3.38. The van der Waals surface area contributed by atoms with Gasteiger partial charge in [-0.05, 0) is 36.8 Å². The van der Waals surface area contributed by atoms with Gasteiger partial charge in [0, 0.05) is 30.1 Å². The minimum Gasteiger partial charge on any atom is -0.490 e. The van der Waals surface area contributed by atoms with Gasteiger partial charge in [0.2, 0.25) is 0 Å². The molecule has 4 rings (SSSR count). The third-order valence-electron chi connectivity index (χ3n) is 4.21. The summed E-state index contributed by atoms with van der Waals surface area (Å²) in [5.41, 5.74) is 3.04. The first-order chi connectivity index (χ1) is 11.1. The quantitative estimate of drug-likeness (QED) is 0.803. The van der Waals surface area contributed by atoms with Gasteiger partial charge in [0.1, 0.15) is 28.8 Å². The van der Waals surface area contributed by atoms with Crippen LogP contribution in [0.1, 0.15) is 27.4 Å². The van der Waals surface area contributed by atoms with E-state index >= 15 is 0 Å². The monoisotopic (exact) mass is 309 g/mol. The van der Waals surface area contributed by atoms with Crippen LogP contribution in [0.25, 0.3) is 11.0 Å². The second-order valence-electron chi connectivity index (χ2n) is 5.75. The highest BCUT2D eigenvalue weighted by atomic mass is 16.5. The van der Waals surface area contributed by atoms with Gasteiger partial charge in [0.15, 0.2) is 0 Å². The molecule has 0 aliphatic heterocycles. The van der Waals surface area contributed by atoms with Crippen LogP contribution >= 0.6 is 0 Å². The number of carboxylic acids is 1. The van der Waals surface area contributed by atoms with Gasteiger partial charge in [0.05, 0.1) is 0 Å². The SMILES string of the molecule is Cc1oc2ccc(OC3Cc4cccnc4C3)cc2c1C(=O)O. The molecule has 0 saturated heterocycles. The van der Waals surface area contributed by atoms with Crippen molar-refractivity contribution in [1.29, 1.82) is 0 Å². The maximum Gasteiger partial charge on any atom is 0.339 e. The first-order valence-electron chi connectivity index (χ1n) is 7.47. The number of hydrogen-bond donors (Lipinski definition) is 1. The molecule has 0 saturated carbocycles. The minimum atomic E-state index is -0.990. The van der Waals surface area contributed by atoms with Crippen LogP contribution in [0.2, 0.25) is 0 Å². The van der Waals surface area contributed by atoms with Crippen molar-refractivity contribution in [3.05, 3.63) is 59.1 Å². The predicted molar refractivity (Wildman–Crippen MR) is 84.0 cm³/mol. The second-order valence-corrected chi connectivity index (χ2v) is 5.75. The van der Waals surface area contributed by atoms with E-state index in [1.54, 1.807) is 25.3 Å². The summed E-state index contributed by atoms with van der Waals surface area (Å²) < 4.78 is 11.5. The second kappa shape index (κ2) is 5.12. The summed E-state index contributed by atoms with van der Waals surface area (Å²) >= 11 is 0. The van der Waals surface area contributed by atoms with Crippen LogP contribution in [0, 0.1) is 6.92 Å². The smallest absolute Gasteiger partial charge is 0.339 e. The van der Waals surface area contributed by atoms with E-state index in [1.807, 2.05) is 12.1 Å². The number of furan rings is 1. The van der Waals surface area contributed by atoms with Gasteiger partial charge < -0.3 is 14.3 Å². The molecule has 116 valence electrons. The van der Waals surface area contributed by atoms with Crippen LogP contribution < -0.4 is 4.74 Å². The van der Waals surface area contributed by atoms with E-state index in [4.69, 9.17) is 9.15 Å². The number of pyridine rings is 1. The van der Waals surface area contributed by atoms with Crippen molar-refractivity contribution in [1.82, 2.24) is 4.98 Å². The number of aromatic nitrogens is 1. The third kappa shape index (κ3) is 2.34. The zero-order valence-electron chi connectivity index (χ0n) is 12.6. The van der Waals surface area contributed by atoms with Crippen molar-refractivity contribution in [2.45, 2.75) is 25.9 Å². The Balaban J connectivity index is 1.63. The molecule has 0 fully saturated rings. The highest BCUT2D eigenvalue weighted by molar-refractivity contribution is 6.03. The Labute approximate surface area is 132 Å². The maximum atomic E-state index is 11.4. The van der Waals surface area contributed by atoms with Crippen LogP contribution in [0.5, 0.6) is 5.75 Å². The van der Waals surface area contributed by atoms with Gasteiger partial charge in [-0.1, -0.05) is 6.07 Å². The fraction of sp³-hybridized carbons (Fsp3) is 0.222. The molecule has 0 amide bonds. The number of nitrogens with zero attached hydrogens (tertiary/aromatic N) is 1. The van der Waals surface area contributed by atoms with Crippen molar-refractivity contribution in [3.63, 3.8) is 0 Å². The third-order valence-corrected chi connectivity index (χ3v) is 4.21. The molecule has 1 atom stereocenters. The normalized spacial score (nSPS) is 16.5. The fourth-order valence-electron chi connectivity index (χ4n) is 3.19. The topological polar surface area (TPSA) is 72.6 Å². The lowest BCUT2D eigenvalue weighted by Gasteiger charge is -2.12. The molecular weight excluding hydrogens is 294 g/mol. The fourth-order valence-corrected chi connectivity index (χ4v) is 3.19. The molecule has 1 aromatic carbocycles. The van der Waals surface area contributed by atoms with Crippen molar-refractivity contribution in [2.75, 3.05) is 0 Å². The zero-order valence-corrected chi connectivity index (χ0v) is 12.6. The van der Waals surface area contributed by atoms with Gasteiger partial charge in [-0.15, -0.1) is 0 Å². The lowest BCUT2D eigenvalue weighted by molar-refractivity contribution is 0.0697. The van der Waals surface area contributed by atoms with E-state index in [1.165, 1.54) is 5.56 Å². The average Bonchev–Trinajstić information content (AvgIpc) is 3.05. The molecule has 5 nitrogen and oxygen atoms in total. The summed E-state index contributed by atoms with van der Waals surface area (Å²) in [5.74, 6) is 0.0663. The molecule has 1 aliphatic carbocycles. The maximum absolute atomic E-state index is 11.4. The Morgan fingerprint density at radius 2 is 2.22 bits per heavy atom. The van der Waals surface area contributed by atoms with Gasteiger partial charge in [-0.3, -0.25) is 4.98 Å². The molecule has 2 heterocycles. The van der Waals surface area contributed by atoms with Crippen LogP contribution in [0.4, 0.5) is 0 Å². The molecular formula is C18H15NO4. The summed E-state index contributed by atoms with van der Waals surface area (Å²) in [6.07, 6.45) is 3.40. The lowest BCUT2D eigenvalue weighted by atomic mass is 10.1. The largest absolute Gasteiger partial charge is 0.490 e. The molecule has 1 aliphatic rings. The molecule has 0 radical (unpaired) electrons. The molecule has 5 heteroatoms. The van der Waals surface area contributed by atoms with Gasteiger partial charge in [-0.2, -0.15) is 0 Å². The molecule has 1 N–H and O–H groups in total. The van der Waals surface area contributed by atoms with Gasteiger partial charge >= 0.3 is 5.97 Å². The molecule has 0 bridgehead atoms. The summed E-state index contributed by atoms with van der Waals surface area (Å²) in [5, 5.41) is 9.91. The number of aromatic carboxylic acids is 1. The standard InChI is InChI=1S/C18H15NO4/c1-10-17(18(20)21)14-8-12(4-5-16(14)22-10)23-13-7-11-3-2-6-19-15(11)9-13/h2-6,8,13H,7,9H2,1H3,(H,20,21). The minimum absolute atomic E-state index is 0.0265. The number of aryl methyl sites for hydroxylation is 1. The van der Waals surface area contributed by atoms with Crippen molar-refractivity contribution < 1.29 is 19.1 Å². The van der Waals surface area contributed by atoms with Crippen LogP contribution in [0.3, 0.4) is 0 Å². The Kier molecular flexibility index (Phi) is 3.08. The molecule has 0 spiro atoms. The van der Waals surface area contributed by atoms with E-state index < -0.39 is 5.97 Å².